The number of aromatic nitrogens is 4. The molecule has 4 aromatic rings. The van der Waals surface area contributed by atoms with Gasteiger partial charge in [-0.3, -0.25) is 19.0 Å². The molecule has 3 saturated carbocycles. The third-order valence-electron chi connectivity index (χ3n) is 10.3. The summed E-state index contributed by atoms with van der Waals surface area (Å²) in [5.74, 6) is -0.874. The Morgan fingerprint density at radius 1 is 0.932 bits per heavy atom. The quantitative estimate of drug-likeness (QED) is 0.234. The molecule has 0 atom stereocenters. The number of amides is 1. The highest BCUT2D eigenvalue weighted by atomic mass is 19.1. The van der Waals surface area contributed by atoms with Gasteiger partial charge in [-0.05, 0) is 111 Å². The number of carboxylic acid groups (broad SMARTS) is 1. The molecule has 0 unspecified atom stereocenters. The second-order valence-electron chi connectivity index (χ2n) is 13.2. The molecule has 2 heterocycles. The van der Waals surface area contributed by atoms with E-state index in [4.69, 9.17) is 0 Å². The number of nitrogens with zero attached hydrogens (tertiary/aromatic N) is 5. The number of carbonyl (C=O) groups excluding carboxylic acids is 1. The zero-order valence-corrected chi connectivity index (χ0v) is 25.2. The second-order valence-corrected chi connectivity index (χ2v) is 13.2. The van der Waals surface area contributed by atoms with Crippen molar-refractivity contribution in [2.24, 2.45) is 24.8 Å². The maximum Gasteiger partial charge on any atom is 0.306 e. The van der Waals surface area contributed by atoms with Crippen LogP contribution in [0.4, 0.5) is 10.1 Å². The topological polar surface area (TPSA) is 93.3 Å². The molecule has 44 heavy (non-hydrogen) atoms. The van der Waals surface area contributed by atoms with Crippen LogP contribution >= 0.6 is 0 Å². The number of carbonyl (C=O) groups is 2. The first kappa shape index (κ1) is 28.7. The Morgan fingerprint density at radius 2 is 1.68 bits per heavy atom. The van der Waals surface area contributed by atoms with Crippen LogP contribution in [0.3, 0.4) is 0 Å². The van der Waals surface area contributed by atoms with Crippen LogP contribution in [-0.4, -0.2) is 43.1 Å². The van der Waals surface area contributed by atoms with Crippen LogP contribution in [0.1, 0.15) is 81.7 Å². The van der Waals surface area contributed by atoms with E-state index < -0.39 is 11.9 Å². The lowest BCUT2D eigenvalue weighted by atomic mass is 9.78. The Hall–Kier alpha value is -4.01. The third kappa shape index (κ3) is 5.76. The standard InChI is InChI=1S/C35H40FN5O3/c1-39-32-16-13-27(18-31(32)33(36)38-39)23-7-5-22(6-8-23)20-40(34(42)24-9-11-25(12-10-24)35(43)44)30-4-2-3-26(17-30)28-19-37-41(21-28)29-14-15-29/h2-4,13,16-19,21-25,29H,5-12,14-15,20H2,1H3,(H,43,44)/t22-,23-,24-,25-. The van der Waals surface area contributed by atoms with Crippen LogP contribution in [0.25, 0.3) is 22.0 Å². The van der Waals surface area contributed by atoms with E-state index >= 15 is 0 Å². The van der Waals surface area contributed by atoms with Crippen LogP contribution in [0.5, 0.6) is 0 Å². The minimum atomic E-state index is -0.755. The monoisotopic (exact) mass is 597 g/mol. The minimum absolute atomic E-state index is 0.110. The number of rotatable bonds is 8. The summed E-state index contributed by atoms with van der Waals surface area (Å²) in [5, 5.41) is 18.6. The van der Waals surface area contributed by atoms with Gasteiger partial charge in [0.05, 0.1) is 29.1 Å². The van der Waals surface area contributed by atoms with Crippen molar-refractivity contribution in [1.29, 1.82) is 0 Å². The van der Waals surface area contributed by atoms with Crippen molar-refractivity contribution in [3.05, 3.63) is 66.4 Å². The molecule has 0 aliphatic heterocycles. The first-order chi connectivity index (χ1) is 21.3. The average Bonchev–Trinajstić information content (AvgIpc) is 3.71. The summed E-state index contributed by atoms with van der Waals surface area (Å²) in [6.07, 6.45) is 12.6. The summed E-state index contributed by atoms with van der Waals surface area (Å²) in [4.78, 5) is 27.7. The smallest absolute Gasteiger partial charge is 0.306 e. The molecule has 0 spiro atoms. The summed E-state index contributed by atoms with van der Waals surface area (Å²) in [6.45, 7) is 0.644. The van der Waals surface area contributed by atoms with Crippen molar-refractivity contribution in [3.8, 4) is 11.1 Å². The van der Waals surface area contributed by atoms with E-state index in [1.54, 1.807) is 11.7 Å². The number of hydrogen-bond donors (Lipinski definition) is 1. The number of fused-ring (bicyclic) bond motifs is 1. The van der Waals surface area contributed by atoms with Gasteiger partial charge >= 0.3 is 5.97 Å². The van der Waals surface area contributed by atoms with Gasteiger partial charge in [0.25, 0.3) is 0 Å². The normalized spacial score (nSPS) is 24.0. The molecule has 7 rings (SSSR count). The lowest BCUT2D eigenvalue weighted by Gasteiger charge is -2.36. The van der Waals surface area contributed by atoms with Crippen LogP contribution < -0.4 is 4.90 Å². The lowest BCUT2D eigenvalue weighted by molar-refractivity contribution is -0.144. The predicted molar refractivity (Wildman–Crippen MR) is 167 cm³/mol. The molecule has 8 nitrogen and oxygen atoms in total. The van der Waals surface area contributed by atoms with Crippen molar-refractivity contribution in [1.82, 2.24) is 19.6 Å². The first-order valence-electron chi connectivity index (χ1n) is 16.1. The zero-order valence-electron chi connectivity index (χ0n) is 25.2. The van der Waals surface area contributed by atoms with Gasteiger partial charge in [-0.1, -0.05) is 18.2 Å². The van der Waals surface area contributed by atoms with Gasteiger partial charge in [0, 0.05) is 37.0 Å². The van der Waals surface area contributed by atoms with Crippen molar-refractivity contribution >= 4 is 28.5 Å². The molecule has 0 saturated heterocycles. The van der Waals surface area contributed by atoms with Crippen LogP contribution in [-0.2, 0) is 16.6 Å². The van der Waals surface area contributed by atoms with Crippen LogP contribution in [0, 0.1) is 23.7 Å². The molecule has 1 N–H and O–H groups in total. The number of aliphatic carboxylic acids is 1. The summed E-state index contributed by atoms with van der Waals surface area (Å²) in [5.41, 5.74) is 4.95. The Bertz CT molecular complexity index is 1670. The van der Waals surface area contributed by atoms with Gasteiger partial charge in [0.15, 0.2) is 0 Å². The van der Waals surface area contributed by atoms with Crippen molar-refractivity contribution < 1.29 is 19.1 Å². The molecule has 3 aliphatic carbocycles. The largest absolute Gasteiger partial charge is 0.481 e. The van der Waals surface area contributed by atoms with Gasteiger partial charge in [0.2, 0.25) is 11.9 Å². The predicted octanol–water partition coefficient (Wildman–Crippen LogP) is 7.11. The van der Waals surface area contributed by atoms with E-state index in [1.807, 2.05) is 40.0 Å². The van der Waals surface area contributed by atoms with E-state index in [1.165, 1.54) is 12.8 Å². The molecule has 9 heteroatoms. The van der Waals surface area contributed by atoms with Crippen molar-refractivity contribution in [3.63, 3.8) is 0 Å². The second kappa shape index (κ2) is 11.8. The maximum atomic E-state index is 14.4. The molecular formula is C35H40FN5O3. The zero-order chi connectivity index (χ0) is 30.4. The highest BCUT2D eigenvalue weighted by Crippen LogP contribution is 2.40. The van der Waals surface area contributed by atoms with Gasteiger partial charge in [-0.25, -0.2) is 0 Å². The van der Waals surface area contributed by atoms with E-state index in [-0.39, 0.29) is 17.7 Å². The fourth-order valence-corrected chi connectivity index (χ4v) is 7.44. The number of aryl methyl sites for hydroxylation is 1. The Kier molecular flexibility index (Phi) is 7.72. The molecule has 3 aliphatic rings. The van der Waals surface area contributed by atoms with Gasteiger partial charge in [-0.15, -0.1) is 5.10 Å². The third-order valence-corrected chi connectivity index (χ3v) is 10.3. The summed E-state index contributed by atoms with van der Waals surface area (Å²) in [6, 6.07) is 14.8. The van der Waals surface area contributed by atoms with E-state index in [2.05, 4.69) is 34.6 Å². The van der Waals surface area contributed by atoms with Gasteiger partial charge in [0.1, 0.15) is 0 Å². The van der Waals surface area contributed by atoms with E-state index in [9.17, 15) is 19.1 Å². The fraction of sp³-hybridized carbons (Fsp3) is 0.486. The SMILES string of the molecule is Cn1nc(F)c2cc([C@H]3CC[C@H](CN(c4cccc(-c5cnn(C6CC6)c5)c4)C(=O)[C@H]4CC[C@H](C(=O)O)CC4)CC3)ccc21. The summed E-state index contributed by atoms with van der Waals surface area (Å²) < 4.78 is 18.0. The molecule has 3 fully saturated rings. The molecule has 2 aromatic carbocycles. The number of halogens is 1. The Labute approximate surface area is 256 Å². The lowest BCUT2D eigenvalue weighted by Crippen LogP contribution is -2.41. The van der Waals surface area contributed by atoms with Crippen molar-refractivity contribution in [2.75, 3.05) is 11.4 Å². The van der Waals surface area contributed by atoms with Crippen LogP contribution in [0.15, 0.2) is 54.9 Å². The van der Waals surface area contributed by atoms with Crippen molar-refractivity contribution in [2.45, 2.75) is 76.2 Å². The highest BCUT2D eigenvalue weighted by molar-refractivity contribution is 5.96. The van der Waals surface area contributed by atoms with E-state index in [0.29, 0.717) is 55.5 Å². The molecule has 230 valence electrons. The molecular weight excluding hydrogens is 557 g/mol. The molecule has 0 bridgehead atoms. The average molecular weight is 598 g/mol. The van der Waals surface area contributed by atoms with Crippen LogP contribution in [0.2, 0.25) is 0 Å². The fourth-order valence-electron chi connectivity index (χ4n) is 7.44. The minimum Gasteiger partial charge on any atom is -0.481 e. The number of carboxylic acids is 1. The molecule has 1 amide bonds. The van der Waals surface area contributed by atoms with Gasteiger partial charge in [-0.2, -0.15) is 9.49 Å². The Morgan fingerprint density at radius 3 is 2.41 bits per heavy atom. The number of anilines is 1. The maximum absolute atomic E-state index is 14.4. The highest BCUT2D eigenvalue weighted by Gasteiger charge is 2.34. The summed E-state index contributed by atoms with van der Waals surface area (Å²) >= 11 is 0. The molecule has 2 aromatic heterocycles. The molecule has 0 radical (unpaired) electrons. The number of hydrogen-bond acceptors (Lipinski definition) is 4. The Balaban J connectivity index is 1.09. The summed E-state index contributed by atoms with van der Waals surface area (Å²) in [7, 11) is 1.76. The first-order valence-corrected chi connectivity index (χ1v) is 16.1. The van der Waals surface area contributed by atoms with Gasteiger partial charge < -0.3 is 10.0 Å². The van der Waals surface area contributed by atoms with E-state index in [0.717, 1.165) is 53.6 Å². The number of benzene rings is 2.